The lowest BCUT2D eigenvalue weighted by molar-refractivity contribution is 0.248. The van der Waals surface area contributed by atoms with E-state index in [2.05, 4.69) is 75.8 Å². The molecular weight excluding hydrogens is 730 g/mol. The van der Waals surface area contributed by atoms with Crippen molar-refractivity contribution < 1.29 is 70.6 Å². The minimum atomic E-state index is -3.81. The Kier molecular flexibility index (Phi) is 40.7. The Labute approximate surface area is 271 Å². The molecule has 0 spiro atoms. The van der Waals surface area contributed by atoms with Crippen LogP contribution >= 0.6 is 20.2 Å². The molecule has 0 aliphatic carbocycles. The summed E-state index contributed by atoms with van der Waals surface area (Å²) < 4.78 is 31.5. The molecule has 0 radical (unpaired) electrons. The Morgan fingerprint density at radius 3 is 0.524 bits per heavy atom. The van der Waals surface area contributed by atoms with Gasteiger partial charge in [-0.15, -0.1) is 0 Å². The van der Waals surface area contributed by atoms with Gasteiger partial charge in [0, 0.05) is 42.7 Å². The van der Waals surface area contributed by atoms with E-state index in [9.17, 15) is 0 Å². The fourth-order valence-electron chi connectivity index (χ4n) is 2.22. The van der Waals surface area contributed by atoms with E-state index in [0.717, 1.165) is 37.4 Å². The number of rotatable bonds is 12. The highest BCUT2D eigenvalue weighted by atomic mass is 32.5. The smallest absolute Gasteiger partial charge is 0.334 e. The van der Waals surface area contributed by atoms with Crippen LogP contribution in [-0.2, 0) is 62.0 Å². The monoisotopic (exact) mass is 786 g/mol. The van der Waals surface area contributed by atoms with Gasteiger partial charge in [-0.25, -0.2) is 0 Å². The average molecular weight is 787 g/mol. The predicted octanol–water partition coefficient (Wildman–Crippen LogP) is 2.85. The van der Waals surface area contributed by atoms with Gasteiger partial charge < -0.3 is 70.6 Å². The van der Waals surface area contributed by atoms with Gasteiger partial charge in [-0.1, -0.05) is 40.0 Å². The lowest BCUT2D eigenvalue weighted by Crippen LogP contribution is -2.35. The molecule has 0 aromatic rings. The van der Waals surface area contributed by atoms with Crippen molar-refractivity contribution >= 4 is 81.3 Å². The lowest BCUT2D eigenvalue weighted by atomic mass is 10.6. The third-order valence-corrected chi connectivity index (χ3v) is 14.1. The molecule has 0 amide bonds. The summed E-state index contributed by atoms with van der Waals surface area (Å²) >= 11 is 10.8. The maximum atomic E-state index is 7.56. The molecule has 0 aromatic carbocycles. The Balaban J connectivity index is -0.0000000946. The van der Waals surface area contributed by atoms with Crippen LogP contribution in [0.5, 0.6) is 0 Å². The van der Waals surface area contributed by atoms with Gasteiger partial charge in [0.2, 0.25) is 0 Å². The SMILES string of the molecule is CCC[Si](C)(OC)OC.CCC[Si](C)(OC)OC.CCC[Si](C)(OC)OC.OP(O)(O)=S.OP(O)(O)=S.OP(O)(O)=S. The van der Waals surface area contributed by atoms with Crippen molar-refractivity contribution in [3.8, 4) is 0 Å². The van der Waals surface area contributed by atoms with Gasteiger partial charge in [0.05, 0.1) is 0 Å². The van der Waals surface area contributed by atoms with E-state index in [4.69, 9.17) is 70.6 Å². The zero-order chi connectivity index (χ0) is 35.5. The molecule has 264 valence electrons. The highest BCUT2D eigenvalue weighted by Gasteiger charge is 2.27. The van der Waals surface area contributed by atoms with Crippen molar-refractivity contribution in [3.05, 3.63) is 0 Å². The van der Waals surface area contributed by atoms with Crippen molar-refractivity contribution in [2.24, 2.45) is 0 Å². The van der Waals surface area contributed by atoms with Crippen LogP contribution in [0, 0.1) is 0 Å². The molecule has 0 heterocycles. The van der Waals surface area contributed by atoms with E-state index in [0.29, 0.717) is 0 Å². The van der Waals surface area contributed by atoms with Gasteiger partial charge in [-0.05, 0) is 73.2 Å². The maximum absolute atomic E-state index is 7.56. The Morgan fingerprint density at radius 1 is 0.405 bits per heavy atom. The van der Waals surface area contributed by atoms with Crippen molar-refractivity contribution in [1.29, 1.82) is 0 Å². The molecule has 0 atom stereocenters. The summed E-state index contributed by atoms with van der Waals surface area (Å²) in [5.41, 5.74) is 0. The fraction of sp³-hybridized carbons (Fsp3) is 1.00. The molecule has 0 aromatic heterocycles. The molecular formula is C18H57O15P3S3Si3. The van der Waals surface area contributed by atoms with Crippen LogP contribution in [0.25, 0.3) is 0 Å². The molecule has 0 unspecified atom stereocenters. The molecule has 0 aliphatic heterocycles. The highest BCUT2D eigenvalue weighted by molar-refractivity contribution is 8.06. The molecule has 0 aliphatic rings. The number of hydrogen-bond donors (Lipinski definition) is 9. The molecule has 0 saturated carbocycles. The van der Waals surface area contributed by atoms with Crippen LogP contribution in [-0.4, -0.2) is 112 Å². The summed E-state index contributed by atoms with van der Waals surface area (Å²) in [6, 6.07) is 3.25. The van der Waals surface area contributed by atoms with Gasteiger partial charge in [-0.2, -0.15) is 0 Å². The molecule has 0 bridgehead atoms. The molecule has 24 heteroatoms. The summed E-state index contributed by atoms with van der Waals surface area (Å²) in [6.45, 7) is 1.25. The largest absolute Gasteiger partial charge is 0.398 e. The quantitative estimate of drug-likeness (QED) is 0.102. The van der Waals surface area contributed by atoms with Crippen LogP contribution in [0.15, 0.2) is 0 Å². The van der Waals surface area contributed by atoms with E-state index in [1.54, 1.807) is 42.7 Å². The summed E-state index contributed by atoms with van der Waals surface area (Å²) in [4.78, 5) is 68.0. The topological polar surface area (TPSA) is 237 Å². The first kappa shape index (κ1) is 56.3. The average Bonchev–Trinajstić information content (AvgIpc) is 2.82. The van der Waals surface area contributed by atoms with E-state index in [1.807, 2.05) is 0 Å². The molecule has 0 rings (SSSR count). The standard InChI is InChI=1S/3C6H16O2Si.3H3O3PS/c3*1-5-6-9(4,7-2)8-3;3*1-4(2,3)5/h3*5-6H2,1-4H3;3*(H3,1,2,3,5). The molecule has 42 heavy (non-hydrogen) atoms. The lowest BCUT2D eigenvalue weighted by Gasteiger charge is -2.21. The molecule has 0 saturated heterocycles. The second-order valence-electron chi connectivity index (χ2n) is 8.42. The molecule has 9 N–H and O–H groups in total. The third-order valence-electron chi connectivity index (χ3n) is 4.70. The Hall–Kier alpha value is 2.00. The van der Waals surface area contributed by atoms with E-state index < -0.39 is 45.8 Å². The van der Waals surface area contributed by atoms with Crippen LogP contribution in [0.3, 0.4) is 0 Å². The summed E-state index contributed by atoms with van der Waals surface area (Å²) in [5, 5.41) is 0. The van der Waals surface area contributed by atoms with Crippen molar-refractivity contribution in [2.75, 3.05) is 42.7 Å². The predicted molar refractivity (Wildman–Crippen MR) is 185 cm³/mol. The summed E-state index contributed by atoms with van der Waals surface area (Å²) in [7, 11) is 5.27. The fourth-order valence-corrected chi connectivity index (χ4v) is 6.67. The Bertz CT molecular complexity index is 613. The van der Waals surface area contributed by atoms with Crippen molar-refractivity contribution in [3.63, 3.8) is 0 Å². The highest BCUT2D eigenvalue weighted by Crippen LogP contribution is 2.27. The van der Waals surface area contributed by atoms with E-state index in [1.165, 1.54) is 0 Å². The van der Waals surface area contributed by atoms with Gasteiger partial charge >= 0.3 is 45.8 Å². The minimum Gasteiger partial charge on any atom is -0.398 e. The second-order valence-corrected chi connectivity index (χ2v) is 26.7. The second kappa shape index (κ2) is 30.3. The van der Waals surface area contributed by atoms with E-state index >= 15 is 0 Å². The van der Waals surface area contributed by atoms with Gasteiger partial charge in [0.15, 0.2) is 0 Å². The zero-order valence-electron chi connectivity index (χ0n) is 26.8. The Morgan fingerprint density at radius 2 is 0.500 bits per heavy atom. The van der Waals surface area contributed by atoms with E-state index in [-0.39, 0.29) is 0 Å². The van der Waals surface area contributed by atoms with Crippen LogP contribution < -0.4 is 0 Å². The first-order valence-corrected chi connectivity index (χ1v) is 27.8. The first-order chi connectivity index (χ1) is 18.5. The third kappa shape index (κ3) is 68.9. The number of hydrogen-bond acceptors (Lipinski definition) is 9. The van der Waals surface area contributed by atoms with Gasteiger partial charge in [0.1, 0.15) is 0 Å². The van der Waals surface area contributed by atoms with Crippen molar-refractivity contribution in [1.82, 2.24) is 0 Å². The van der Waals surface area contributed by atoms with Crippen LogP contribution in [0.4, 0.5) is 0 Å². The summed E-state index contributed by atoms with van der Waals surface area (Å²) in [6.07, 6.45) is 3.43. The van der Waals surface area contributed by atoms with Crippen molar-refractivity contribution in [2.45, 2.75) is 77.8 Å². The van der Waals surface area contributed by atoms with Crippen LogP contribution in [0.2, 0.25) is 37.8 Å². The first-order valence-electron chi connectivity index (χ1n) is 12.2. The molecule has 15 nitrogen and oxygen atoms in total. The van der Waals surface area contributed by atoms with Gasteiger partial charge in [0.25, 0.3) is 0 Å². The maximum Gasteiger partial charge on any atom is 0.334 e. The molecule has 0 fully saturated rings. The summed E-state index contributed by atoms with van der Waals surface area (Å²) in [5.74, 6) is 0. The van der Waals surface area contributed by atoms with Gasteiger partial charge in [-0.3, -0.25) is 0 Å². The normalized spacial score (nSPS) is 11.9. The minimum absolute atomic E-state index is 1.08. The zero-order valence-corrected chi connectivity index (χ0v) is 34.9. The van der Waals surface area contributed by atoms with Crippen LogP contribution in [0.1, 0.15) is 40.0 Å².